The molecule has 2 aromatic heterocycles. The molecular weight excluding hydrogens is 382 g/mol. The first-order valence-electron chi connectivity index (χ1n) is 8.48. The molecule has 0 amide bonds. The SMILES string of the molecule is COc1ccc(-c2nc3c(Br)cccn3c2NC2CCCC2)cc1O. The summed E-state index contributed by atoms with van der Waals surface area (Å²) in [6.45, 7) is 0. The number of rotatable bonds is 4. The summed E-state index contributed by atoms with van der Waals surface area (Å²) in [7, 11) is 1.55. The number of fused-ring (bicyclic) bond motifs is 1. The standard InChI is InChI=1S/C19H20BrN3O2/c1-25-16-9-8-12(11-15(16)24)17-19(21-13-5-2-3-6-13)23-10-4-7-14(20)18(23)22-17/h4,7-11,13,21,24H,2-3,5-6H2,1H3. The Balaban J connectivity index is 1.86. The van der Waals surface area contributed by atoms with E-state index in [4.69, 9.17) is 9.72 Å². The average Bonchev–Trinajstić information content (AvgIpc) is 3.24. The van der Waals surface area contributed by atoms with Crippen molar-refractivity contribution in [2.45, 2.75) is 31.7 Å². The Bertz CT molecular complexity index is 916. The first-order chi connectivity index (χ1) is 12.2. The van der Waals surface area contributed by atoms with E-state index in [1.54, 1.807) is 19.2 Å². The van der Waals surface area contributed by atoms with Crippen LogP contribution < -0.4 is 10.1 Å². The summed E-state index contributed by atoms with van der Waals surface area (Å²) in [4.78, 5) is 4.82. The smallest absolute Gasteiger partial charge is 0.160 e. The largest absolute Gasteiger partial charge is 0.504 e. The highest BCUT2D eigenvalue weighted by molar-refractivity contribution is 9.10. The van der Waals surface area contributed by atoms with E-state index in [0.717, 1.165) is 27.2 Å². The van der Waals surface area contributed by atoms with Crippen LogP contribution in [0.25, 0.3) is 16.9 Å². The van der Waals surface area contributed by atoms with Crippen LogP contribution in [0.1, 0.15) is 25.7 Å². The second-order valence-corrected chi connectivity index (χ2v) is 7.23. The predicted molar refractivity (Wildman–Crippen MR) is 102 cm³/mol. The van der Waals surface area contributed by atoms with E-state index in [9.17, 15) is 5.11 Å². The number of ether oxygens (including phenoxy) is 1. The molecule has 0 radical (unpaired) electrons. The number of pyridine rings is 1. The van der Waals surface area contributed by atoms with Crippen molar-refractivity contribution in [1.82, 2.24) is 9.38 Å². The Morgan fingerprint density at radius 1 is 1.28 bits per heavy atom. The molecule has 4 rings (SSSR count). The Morgan fingerprint density at radius 3 is 2.80 bits per heavy atom. The van der Waals surface area contributed by atoms with Gasteiger partial charge in [-0.05, 0) is 59.1 Å². The molecule has 2 N–H and O–H groups in total. The van der Waals surface area contributed by atoms with Gasteiger partial charge < -0.3 is 15.2 Å². The number of benzene rings is 1. The molecule has 1 aliphatic rings. The van der Waals surface area contributed by atoms with Gasteiger partial charge in [0.05, 0.1) is 11.6 Å². The average molecular weight is 402 g/mol. The number of imidazole rings is 1. The zero-order chi connectivity index (χ0) is 17.4. The van der Waals surface area contributed by atoms with Crippen molar-refractivity contribution in [3.63, 3.8) is 0 Å². The number of phenolic OH excluding ortho intramolecular Hbond substituents is 1. The molecule has 0 aliphatic heterocycles. The molecule has 130 valence electrons. The third kappa shape index (κ3) is 2.95. The van der Waals surface area contributed by atoms with Crippen molar-refractivity contribution in [3.8, 4) is 22.8 Å². The van der Waals surface area contributed by atoms with Crippen molar-refractivity contribution < 1.29 is 9.84 Å². The maximum absolute atomic E-state index is 10.2. The molecule has 0 atom stereocenters. The van der Waals surface area contributed by atoms with Crippen LogP contribution in [0.3, 0.4) is 0 Å². The number of phenols is 1. The monoisotopic (exact) mass is 401 g/mol. The van der Waals surface area contributed by atoms with Crippen LogP contribution in [0, 0.1) is 0 Å². The van der Waals surface area contributed by atoms with Crippen LogP contribution in [0.15, 0.2) is 41.0 Å². The highest BCUT2D eigenvalue weighted by atomic mass is 79.9. The third-order valence-electron chi connectivity index (χ3n) is 4.75. The summed E-state index contributed by atoms with van der Waals surface area (Å²) in [6, 6.07) is 9.83. The Hall–Kier alpha value is -2.21. The number of aromatic nitrogens is 2. The Morgan fingerprint density at radius 2 is 2.08 bits per heavy atom. The van der Waals surface area contributed by atoms with E-state index in [1.807, 2.05) is 24.4 Å². The van der Waals surface area contributed by atoms with Gasteiger partial charge in [-0.2, -0.15) is 0 Å². The van der Waals surface area contributed by atoms with E-state index in [1.165, 1.54) is 25.7 Å². The lowest BCUT2D eigenvalue weighted by atomic mass is 10.1. The molecule has 0 unspecified atom stereocenters. The summed E-state index contributed by atoms with van der Waals surface area (Å²) >= 11 is 3.59. The highest BCUT2D eigenvalue weighted by Gasteiger charge is 2.21. The molecule has 1 fully saturated rings. The van der Waals surface area contributed by atoms with E-state index in [0.29, 0.717) is 11.8 Å². The minimum atomic E-state index is 0.114. The number of anilines is 1. The molecule has 25 heavy (non-hydrogen) atoms. The van der Waals surface area contributed by atoms with Crippen molar-refractivity contribution >= 4 is 27.4 Å². The molecule has 1 aliphatic carbocycles. The number of nitrogens with zero attached hydrogens (tertiary/aromatic N) is 2. The number of hydrogen-bond acceptors (Lipinski definition) is 4. The van der Waals surface area contributed by atoms with E-state index in [-0.39, 0.29) is 5.75 Å². The van der Waals surface area contributed by atoms with Crippen molar-refractivity contribution in [2.24, 2.45) is 0 Å². The summed E-state index contributed by atoms with van der Waals surface area (Å²) < 4.78 is 8.16. The van der Waals surface area contributed by atoms with Gasteiger partial charge in [0, 0.05) is 17.8 Å². The fourth-order valence-corrected chi connectivity index (χ4v) is 3.91. The Labute approximate surface area is 154 Å². The van der Waals surface area contributed by atoms with E-state index >= 15 is 0 Å². The zero-order valence-electron chi connectivity index (χ0n) is 14.0. The normalized spacial score (nSPS) is 15.0. The summed E-state index contributed by atoms with van der Waals surface area (Å²) in [5.41, 5.74) is 2.54. The molecule has 5 nitrogen and oxygen atoms in total. The minimum Gasteiger partial charge on any atom is -0.504 e. The lowest BCUT2D eigenvalue weighted by molar-refractivity contribution is 0.373. The molecule has 2 heterocycles. The number of halogens is 1. The quantitative estimate of drug-likeness (QED) is 0.656. The van der Waals surface area contributed by atoms with Crippen molar-refractivity contribution in [1.29, 1.82) is 0 Å². The minimum absolute atomic E-state index is 0.114. The molecule has 1 aromatic carbocycles. The summed E-state index contributed by atoms with van der Waals surface area (Å²) in [5, 5.41) is 13.8. The van der Waals surface area contributed by atoms with Crippen molar-refractivity contribution in [3.05, 3.63) is 41.0 Å². The van der Waals surface area contributed by atoms with Gasteiger partial charge in [0.25, 0.3) is 0 Å². The maximum Gasteiger partial charge on any atom is 0.160 e. The van der Waals surface area contributed by atoms with Crippen LogP contribution in [-0.4, -0.2) is 27.6 Å². The van der Waals surface area contributed by atoms with Gasteiger partial charge in [0.15, 0.2) is 17.1 Å². The fourth-order valence-electron chi connectivity index (χ4n) is 3.47. The first-order valence-corrected chi connectivity index (χ1v) is 9.27. The molecule has 6 heteroatoms. The number of hydrogen-bond donors (Lipinski definition) is 2. The third-order valence-corrected chi connectivity index (χ3v) is 5.37. The molecule has 3 aromatic rings. The first kappa shape index (κ1) is 16.3. The molecule has 1 saturated carbocycles. The predicted octanol–water partition coefficient (Wildman–Crippen LogP) is 4.83. The van der Waals surface area contributed by atoms with Gasteiger partial charge in [0.2, 0.25) is 0 Å². The van der Waals surface area contributed by atoms with E-state index in [2.05, 4.69) is 25.6 Å². The number of aromatic hydroxyl groups is 1. The maximum atomic E-state index is 10.2. The fraction of sp³-hybridized carbons (Fsp3) is 0.316. The van der Waals surface area contributed by atoms with Gasteiger partial charge in [-0.3, -0.25) is 4.40 Å². The van der Waals surface area contributed by atoms with Crippen LogP contribution >= 0.6 is 15.9 Å². The summed E-state index contributed by atoms with van der Waals surface area (Å²) in [6.07, 6.45) is 6.88. The van der Waals surface area contributed by atoms with Crippen LogP contribution in [0.2, 0.25) is 0 Å². The molecule has 0 spiro atoms. The Kier molecular flexibility index (Phi) is 4.29. The van der Waals surface area contributed by atoms with Crippen LogP contribution in [0.4, 0.5) is 5.82 Å². The topological polar surface area (TPSA) is 58.8 Å². The number of nitrogens with one attached hydrogen (secondary N) is 1. The molecule has 0 saturated heterocycles. The molecular formula is C19H20BrN3O2. The molecule has 0 bridgehead atoms. The highest BCUT2D eigenvalue weighted by Crippen LogP contribution is 2.37. The van der Waals surface area contributed by atoms with Crippen LogP contribution in [-0.2, 0) is 0 Å². The lowest BCUT2D eigenvalue weighted by Crippen LogP contribution is -2.16. The van der Waals surface area contributed by atoms with E-state index < -0.39 is 0 Å². The van der Waals surface area contributed by atoms with Gasteiger partial charge in [-0.25, -0.2) is 4.98 Å². The van der Waals surface area contributed by atoms with Gasteiger partial charge in [-0.1, -0.05) is 12.8 Å². The second-order valence-electron chi connectivity index (χ2n) is 6.37. The second kappa shape index (κ2) is 6.59. The summed E-state index contributed by atoms with van der Waals surface area (Å²) in [5.74, 6) is 1.54. The van der Waals surface area contributed by atoms with Crippen LogP contribution in [0.5, 0.6) is 11.5 Å². The van der Waals surface area contributed by atoms with Gasteiger partial charge in [0.1, 0.15) is 11.5 Å². The number of methoxy groups -OCH3 is 1. The zero-order valence-corrected chi connectivity index (χ0v) is 15.6. The van der Waals surface area contributed by atoms with Gasteiger partial charge >= 0.3 is 0 Å². The van der Waals surface area contributed by atoms with Crippen molar-refractivity contribution in [2.75, 3.05) is 12.4 Å². The van der Waals surface area contributed by atoms with Gasteiger partial charge in [-0.15, -0.1) is 0 Å². The lowest BCUT2D eigenvalue weighted by Gasteiger charge is -2.15.